The summed E-state index contributed by atoms with van der Waals surface area (Å²) >= 11 is 0. The number of rotatable bonds is 8. The van der Waals surface area contributed by atoms with Crippen LogP contribution in [0.5, 0.6) is 0 Å². The number of hydrogen-bond acceptors (Lipinski definition) is 4. The van der Waals surface area contributed by atoms with Crippen LogP contribution < -0.4 is 0 Å². The largest absolute Gasteiger partial charge is 0.394 e. The van der Waals surface area contributed by atoms with Gasteiger partial charge in [0.15, 0.2) is 0 Å². The molecule has 2 rings (SSSR count). The maximum absolute atomic E-state index is 8.87. The molecule has 1 aliphatic heterocycles. The van der Waals surface area contributed by atoms with Gasteiger partial charge in [0.1, 0.15) is 12.9 Å². The van der Waals surface area contributed by atoms with Gasteiger partial charge in [0.2, 0.25) is 0 Å². The molecule has 18 heavy (non-hydrogen) atoms. The highest BCUT2D eigenvalue weighted by atomic mass is 16.7. The molecule has 1 N–H and O–H groups in total. The minimum atomic E-state index is 0.00818. The third-order valence-corrected chi connectivity index (χ3v) is 3.02. The van der Waals surface area contributed by atoms with Gasteiger partial charge < -0.3 is 19.3 Å². The predicted octanol–water partition coefficient (Wildman–Crippen LogP) is 1.57. The smallest absolute Gasteiger partial charge is 0.147 e. The highest BCUT2D eigenvalue weighted by Gasteiger charge is 2.42. The number of benzene rings is 1. The normalized spacial score (nSPS) is 23.9. The molecule has 1 saturated heterocycles. The van der Waals surface area contributed by atoms with E-state index in [1.807, 2.05) is 30.3 Å². The molecule has 0 bridgehead atoms. The average Bonchev–Trinajstić information content (AvgIpc) is 3.19. The molecule has 0 saturated carbocycles. The average molecular weight is 252 g/mol. The van der Waals surface area contributed by atoms with Crippen molar-refractivity contribution < 1.29 is 19.3 Å². The van der Waals surface area contributed by atoms with E-state index in [2.05, 4.69) is 6.92 Å². The van der Waals surface area contributed by atoms with Gasteiger partial charge >= 0.3 is 0 Å². The van der Waals surface area contributed by atoms with Gasteiger partial charge in [-0.3, -0.25) is 0 Å². The second-order valence-electron chi connectivity index (χ2n) is 4.62. The van der Waals surface area contributed by atoms with Crippen molar-refractivity contribution in [3.8, 4) is 0 Å². The summed E-state index contributed by atoms with van der Waals surface area (Å²) in [5.41, 5.74) is 1.14. The Labute approximate surface area is 107 Å². The quantitative estimate of drug-likeness (QED) is 0.433. The maximum atomic E-state index is 8.87. The predicted molar refractivity (Wildman–Crippen MR) is 67.0 cm³/mol. The van der Waals surface area contributed by atoms with Crippen molar-refractivity contribution in [2.75, 3.05) is 20.0 Å². The Kier molecular flexibility index (Phi) is 5.13. The Balaban J connectivity index is 1.51. The summed E-state index contributed by atoms with van der Waals surface area (Å²) in [7, 11) is 0. The van der Waals surface area contributed by atoms with Crippen LogP contribution >= 0.6 is 0 Å². The van der Waals surface area contributed by atoms with Crippen molar-refractivity contribution in [3.05, 3.63) is 35.9 Å². The number of hydrogen-bond donors (Lipinski definition) is 1. The van der Waals surface area contributed by atoms with E-state index in [1.165, 1.54) is 0 Å². The Morgan fingerprint density at radius 1 is 1.28 bits per heavy atom. The molecule has 4 heteroatoms. The van der Waals surface area contributed by atoms with E-state index in [0.29, 0.717) is 19.1 Å². The van der Waals surface area contributed by atoms with Crippen molar-refractivity contribution in [1.82, 2.24) is 0 Å². The van der Waals surface area contributed by atoms with Crippen molar-refractivity contribution >= 4 is 0 Å². The molecule has 1 aliphatic rings. The summed E-state index contributed by atoms with van der Waals surface area (Å²) < 4.78 is 16.1. The van der Waals surface area contributed by atoms with Gasteiger partial charge in [0.25, 0.3) is 0 Å². The Hall–Kier alpha value is -0.940. The highest BCUT2D eigenvalue weighted by Crippen LogP contribution is 2.28. The van der Waals surface area contributed by atoms with E-state index >= 15 is 0 Å². The second-order valence-corrected chi connectivity index (χ2v) is 4.62. The fourth-order valence-electron chi connectivity index (χ4n) is 1.93. The van der Waals surface area contributed by atoms with Crippen molar-refractivity contribution in [3.63, 3.8) is 0 Å². The maximum Gasteiger partial charge on any atom is 0.147 e. The fraction of sp³-hybridized carbons (Fsp3) is 0.571. The van der Waals surface area contributed by atoms with Gasteiger partial charge in [0, 0.05) is 5.92 Å². The Bertz CT molecular complexity index is 341. The second kappa shape index (κ2) is 6.85. The van der Waals surface area contributed by atoms with Crippen LogP contribution in [0.4, 0.5) is 0 Å². The molecule has 0 radical (unpaired) electrons. The first kappa shape index (κ1) is 13.5. The molecule has 100 valence electrons. The van der Waals surface area contributed by atoms with Crippen LogP contribution in [0.2, 0.25) is 0 Å². The van der Waals surface area contributed by atoms with Crippen LogP contribution in [0.25, 0.3) is 0 Å². The van der Waals surface area contributed by atoms with Crippen LogP contribution in [-0.2, 0) is 20.8 Å². The summed E-state index contributed by atoms with van der Waals surface area (Å²) in [6, 6.07) is 10.00. The summed E-state index contributed by atoms with van der Waals surface area (Å²) in [5.74, 6) is 0.294. The molecule has 4 nitrogen and oxygen atoms in total. The van der Waals surface area contributed by atoms with Gasteiger partial charge in [-0.1, -0.05) is 37.3 Å². The first-order valence-electron chi connectivity index (χ1n) is 6.27. The monoisotopic (exact) mass is 252 g/mol. The minimum Gasteiger partial charge on any atom is -0.394 e. The molecule has 0 spiro atoms. The van der Waals surface area contributed by atoms with E-state index in [0.717, 1.165) is 5.56 Å². The van der Waals surface area contributed by atoms with Crippen LogP contribution in [0, 0.1) is 5.92 Å². The van der Waals surface area contributed by atoms with E-state index in [4.69, 9.17) is 19.3 Å². The standard InChI is InChI=1S/C14H20O4/c1-11(14-13(7-15)18-14)8-16-10-17-9-12-5-3-2-4-6-12/h2-6,11,13-15H,7-10H2,1H3/t11-,13-,14-/m0/s1. The van der Waals surface area contributed by atoms with Crippen molar-refractivity contribution in [1.29, 1.82) is 0 Å². The van der Waals surface area contributed by atoms with Gasteiger partial charge in [-0.05, 0) is 5.56 Å². The minimum absolute atomic E-state index is 0.00818. The Morgan fingerprint density at radius 2 is 2.06 bits per heavy atom. The van der Waals surface area contributed by atoms with Gasteiger partial charge in [-0.2, -0.15) is 0 Å². The number of aliphatic hydroxyl groups excluding tert-OH is 1. The summed E-state index contributed by atoms with van der Waals surface area (Å²) in [5, 5.41) is 8.87. The third kappa shape index (κ3) is 4.07. The van der Waals surface area contributed by atoms with Gasteiger partial charge in [0.05, 0.1) is 25.9 Å². The molecule has 1 aromatic rings. The third-order valence-electron chi connectivity index (χ3n) is 3.02. The van der Waals surface area contributed by atoms with E-state index in [-0.39, 0.29) is 25.6 Å². The van der Waals surface area contributed by atoms with E-state index < -0.39 is 0 Å². The first-order valence-corrected chi connectivity index (χ1v) is 6.27. The lowest BCUT2D eigenvalue weighted by Crippen LogP contribution is -2.16. The Morgan fingerprint density at radius 3 is 2.72 bits per heavy atom. The molecule has 0 aliphatic carbocycles. The van der Waals surface area contributed by atoms with Crippen molar-refractivity contribution in [2.24, 2.45) is 5.92 Å². The molecular weight excluding hydrogens is 232 g/mol. The van der Waals surface area contributed by atoms with Crippen LogP contribution in [0.3, 0.4) is 0 Å². The fourth-order valence-corrected chi connectivity index (χ4v) is 1.93. The lowest BCUT2D eigenvalue weighted by Gasteiger charge is -2.10. The van der Waals surface area contributed by atoms with Crippen molar-refractivity contribution in [2.45, 2.75) is 25.7 Å². The number of epoxide rings is 1. The van der Waals surface area contributed by atoms with Crippen LogP contribution in [0.1, 0.15) is 12.5 Å². The molecule has 3 atom stereocenters. The van der Waals surface area contributed by atoms with Crippen LogP contribution in [0.15, 0.2) is 30.3 Å². The number of aliphatic hydroxyl groups is 1. The zero-order valence-corrected chi connectivity index (χ0v) is 10.6. The zero-order valence-electron chi connectivity index (χ0n) is 10.6. The van der Waals surface area contributed by atoms with Crippen LogP contribution in [-0.4, -0.2) is 37.3 Å². The molecule has 1 fully saturated rings. The first-order chi connectivity index (χ1) is 8.81. The molecule has 1 heterocycles. The lowest BCUT2D eigenvalue weighted by atomic mass is 10.1. The zero-order chi connectivity index (χ0) is 12.8. The molecule has 0 unspecified atom stereocenters. The van der Waals surface area contributed by atoms with E-state index in [9.17, 15) is 0 Å². The molecular formula is C14H20O4. The van der Waals surface area contributed by atoms with E-state index in [1.54, 1.807) is 0 Å². The molecule has 0 aromatic heterocycles. The SMILES string of the molecule is C[C@@H](COCOCc1ccccc1)[C@@H]1O[C@H]1CO. The topological polar surface area (TPSA) is 51.2 Å². The number of ether oxygens (including phenoxy) is 3. The molecule has 0 amide bonds. The summed E-state index contributed by atoms with van der Waals surface area (Å²) in [6.07, 6.45) is 0.151. The summed E-state index contributed by atoms with van der Waals surface area (Å²) in [6.45, 7) is 3.59. The lowest BCUT2D eigenvalue weighted by molar-refractivity contribution is -0.0719. The molecule has 1 aromatic carbocycles. The summed E-state index contributed by atoms with van der Waals surface area (Å²) in [4.78, 5) is 0. The highest BCUT2D eigenvalue weighted by molar-refractivity contribution is 5.13. The van der Waals surface area contributed by atoms with Gasteiger partial charge in [-0.15, -0.1) is 0 Å². The van der Waals surface area contributed by atoms with Gasteiger partial charge in [-0.25, -0.2) is 0 Å².